The van der Waals surface area contributed by atoms with Gasteiger partial charge in [0.2, 0.25) is 20.4 Å². The first-order chi connectivity index (χ1) is 15.8. The van der Waals surface area contributed by atoms with Crippen LogP contribution in [0.5, 0.6) is 17.2 Å². The predicted octanol–water partition coefficient (Wildman–Crippen LogP) is 6.48. The number of allylic oxidation sites excluding steroid dienone is 2. The summed E-state index contributed by atoms with van der Waals surface area (Å²) in [7, 11) is -2.89. The minimum atomic E-state index is -2.89. The van der Waals surface area contributed by atoms with E-state index in [0.717, 1.165) is 0 Å². The van der Waals surface area contributed by atoms with Crippen molar-refractivity contribution in [1.82, 2.24) is 0 Å². The lowest BCUT2D eigenvalue weighted by atomic mass is 10.3. The van der Waals surface area contributed by atoms with Gasteiger partial charge in [0.25, 0.3) is 0 Å². The molecule has 3 rings (SSSR count). The van der Waals surface area contributed by atoms with E-state index in [1.165, 1.54) is 0 Å². The van der Waals surface area contributed by atoms with E-state index in [1.807, 2.05) is 110 Å². The zero-order valence-electron chi connectivity index (χ0n) is 18.0. The third kappa shape index (κ3) is 8.33. The summed E-state index contributed by atoms with van der Waals surface area (Å²) in [6.45, 7) is 1.82. The zero-order chi connectivity index (χ0) is 22.3. The highest BCUT2D eigenvalue weighted by Gasteiger charge is 2.46. The number of hydrogen-bond acceptors (Lipinski definition) is 6. The molecular formula is C25H28O6P+. The van der Waals surface area contributed by atoms with Crippen molar-refractivity contribution in [2.24, 2.45) is 0 Å². The van der Waals surface area contributed by atoms with Crippen LogP contribution < -0.4 is 14.2 Å². The molecule has 0 aromatic heterocycles. The van der Waals surface area contributed by atoms with Gasteiger partial charge >= 0.3 is 7.94 Å². The molecule has 0 aliphatic heterocycles. The van der Waals surface area contributed by atoms with Gasteiger partial charge in [-0.3, -0.25) is 0 Å². The van der Waals surface area contributed by atoms with Crippen LogP contribution in [0.1, 0.15) is 6.92 Å². The van der Waals surface area contributed by atoms with Gasteiger partial charge in [-0.25, -0.2) is 0 Å². The normalized spacial score (nSPS) is 11.4. The molecule has 0 unspecified atom stereocenters. The van der Waals surface area contributed by atoms with Gasteiger partial charge in [0, 0.05) is 0 Å². The topological polar surface area (TPSA) is 55.4 Å². The zero-order valence-corrected chi connectivity index (χ0v) is 18.9. The van der Waals surface area contributed by atoms with Crippen LogP contribution in [-0.4, -0.2) is 26.5 Å². The van der Waals surface area contributed by atoms with Gasteiger partial charge in [-0.1, -0.05) is 60.7 Å². The maximum atomic E-state index is 6.04. The van der Waals surface area contributed by atoms with Crippen molar-refractivity contribution in [3.63, 3.8) is 0 Å². The first-order valence-corrected chi connectivity index (χ1v) is 12.0. The summed E-state index contributed by atoms with van der Waals surface area (Å²) >= 11 is 0. The molecule has 0 amide bonds. The Hall–Kier alpha value is -2.89. The van der Waals surface area contributed by atoms with Gasteiger partial charge in [0.05, 0.1) is 0 Å². The lowest BCUT2D eigenvalue weighted by Gasteiger charge is -2.21. The largest absolute Gasteiger partial charge is 0.463 e. The standard InChI is InChI=1S/C25H28O6P/c1-2-3-19-32(29-20-26-23-13-7-4-8-14-23,30-21-27-24-15-9-5-10-16-24)31-22-28-25-17-11-6-12-18-25/h2-18H,19-22H2,1H3/q+1/b3-2+. The average molecular weight is 455 g/mol. The highest BCUT2D eigenvalue weighted by molar-refractivity contribution is 7.61. The average Bonchev–Trinajstić information content (AvgIpc) is 2.85. The SMILES string of the molecule is C/C=C/C[P+](OCOc1ccccc1)(OCOc1ccccc1)OCOc1ccccc1. The second-order valence-electron chi connectivity index (χ2n) is 6.48. The highest BCUT2D eigenvalue weighted by Crippen LogP contribution is 2.62. The first kappa shape index (κ1) is 23.8. The van der Waals surface area contributed by atoms with Crippen molar-refractivity contribution >= 4 is 7.94 Å². The summed E-state index contributed by atoms with van der Waals surface area (Å²) in [6, 6.07) is 28.3. The van der Waals surface area contributed by atoms with Crippen LogP contribution in [0.4, 0.5) is 0 Å². The molecule has 0 spiro atoms. The van der Waals surface area contributed by atoms with E-state index < -0.39 is 7.94 Å². The van der Waals surface area contributed by atoms with Crippen LogP contribution >= 0.6 is 7.94 Å². The van der Waals surface area contributed by atoms with Crippen molar-refractivity contribution in [2.75, 3.05) is 26.5 Å². The number of hydrogen-bond donors (Lipinski definition) is 0. The molecule has 0 saturated carbocycles. The smallest absolute Gasteiger partial charge is 0.425 e. The van der Waals surface area contributed by atoms with Crippen molar-refractivity contribution in [3.05, 3.63) is 103 Å². The summed E-state index contributed by atoms with van der Waals surface area (Å²) in [6.07, 6.45) is 4.26. The third-order valence-corrected chi connectivity index (χ3v) is 6.37. The molecule has 0 N–H and O–H groups in total. The van der Waals surface area contributed by atoms with Gasteiger partial charge < -0.3 is 14.2 Å². The van der Waals surface area contributed by atoms with Crippen LogP contribution in [0.3, 0.4) is 0 Å². The first-order valence-electron chi connectivity index (χ1n) is 10.3. The lowest BCUT2D eigenvalue weighted by Crippen LogP contribution is -2.18. The molecule has 0 fully saturated rings. The fourth-order valence-electron chi connectivity index (χ4n) is 2.58. The van der Waals surface area contributed by atoms with E-state index >= 15 is 0 Å². The quantitative estimate of drug-likeness (QED) is 0.157. The van der Waals surface area contributed by atoms with E-state index in [9.17, 15) is 0 Å². The Morgan fingerprint density at radius 3 is 1.22 bits per heavy atom. The molecule has 0 radical (unpaired) electrons. The van der Waals surface area contributed by atoms with E-state index in [1.54, 1.807) is 0 Å². The molecule has 7 heteroatoms. The molecule has 168 valence electrons. The Labute approximate surface area is 189 Å². The fourth-order valence-corrected chi connectivity index (χ4v) is 4.23. The number of ether oxygens (including phenoxy) is 3. The van der Waals surface area contributed by atoms with Crippen LogP contribution in [0.15, 0.2) is 103 Å². The van der Waals surface area contributed by atoms with Crippen molar-refractivity contribution in [2.45, 2.75) is 6.92 Å². The second-order valence-corrected chi connectivity index (χ2v) is 8.84. The van der Waals surface area contributed by atoms with Gasteiger partial charge in [-0.05, 0) is 49.4 Å². The van der Waals surface area contributed by atoms with Crippen LogP contribution in [0, 0.1) is 0 Å². The van der Waals surface area contributed by atoms with E-state index in [4.69, 9.17) is 27.8 Å². The minimum absolute atomic E-state index is 0.0357. The van der Waals surface area contributed by atoms with Gasteiger partial charge in [-0.2, -0.15) is 0 Å². The summed E-state index contributed by atoms with van der Waals surface area (Å²) < 4.78 is 35.3. The van der Waals surface area contributed by atoms with E-state index in [0.29, 0.717) is 23.4 Å². The maximum Gasteiger partial charge on any atom is 0.425 e. The molecule has 0 heterocycles. The Bertz CT molecular complexity index is 795. The fraction of sp³-hybridized carbons (Fsp3) is 0.200. The molecule has 0 saturated heterocycles. The van der Waals surface area contributed by atoms with Crippen LogP contribution in [-0.2, 0) is 13.6 Å². The van der Waals surface area contributed by atoms with Crippen LogP contribution in [0.25, 0.3) is 0 Å². The molecule has 3 aromatic carbocycles. The Morgan fingerprint density at radius 2 is 0.906 bits per heavy atom. The van der Waals surface area contributed by atoms with Crippen molar-refractivity contribution < 1.29 is 27.8 Å². The molecular weight excluding hydrogens is 427 g/mol. The monoisotopic (exact) mass is 455 g/mol. The predicted molar refractivity (Wildman–Crippen MR) is 126 cm³/mol. The molecule has 6 nitrogen and oxygen atoms in total. The van der Waals surface area contributed by atoms with E-state index in [2.05, 4.69) is 0 Å². The van der Waals surface area contributed by atoms with Crippen molar-refractivity contribution in [1.29, 1.82) is 0 Å². The summed E-state index contributed by atoms with van der Waals surface area (Å²) in [4.78, 5) is 0. The highest BCUT2D eigenvalue weighted by atomic mass is 31.2. The van der Waals surface area contributed by atoms with E-state index in [-0.39, 0.29) is 20.4 Å². The summed E-state index contributed by atoms with van der Waals surface area (Å²) in [5.74, 6) is 2.08. The third-order valence-electron chi connectivity index (χ3n) is 4.22. The lowest BCUT2D eigenvalue weighted by molar-refractivity contribution is 0.00716. The van der Waals surface area contributed by atoms with Gasteiger partial charge in [0.15, 0.2) is 6.16 Å². The molecule has 3 aromatic rings. The van der Waals surface area contributed by atoms with Gasteiger partial charge in [0.1, 0.15) is 17.2 Å². The molecule has 0 atom stereocenters. The summed E-state index contributed by atoms with van der Waals surface area (Å²) in [5.41, 5.74) is 0. The Morgan fingerprint density at radius 1 is 0.562 bits per heavy atom. The Kier molecular flexibility index (Phi) is 10.0. The number of benzene rings is 3. The number of rotatable bonds is 14. The minimum Gasteiger partial charge on any atom is -0.463 e. The number of para-hydroxylation sites is 3. The molecule has 0 bridgehead atoms. The second kappa shape index (κ2) is 13.5. The molecule has 0 aliphatic rings. The molecule has 32 heavy (non-hydrogen) atoms. The maximum absolute atomic E-state index is 6.04. The Balaban J connectivity index is 1.64. The van der Waals surface area contributed by atoms with Gasteiger partial charge in [-0.15, -0.1) is 13.6 Å². The molecule has 0 aliphatic carbocycles. The van der Waals surface area contributed by atoms with Crippen LogP contribution in [0.2, 0.25) is 0 Å². The summed E-state index contributed by atoms with van der Waals surface area (Å²) in [5, 5.41) is 0. The van der Waals surface area contributed by atoms with Crippen molar-refractivity contribution in [3.8, 4) is 17.2 Å².